The number of morpholine rings is 1. The predicted molar refractivity (Wildman–Crippen MR) is 287 cm³/mol. The Morgan fingerprint density at radius 2 is 1.49 bits per heavy atom. The second-order valence-corrected chi connectivity index (χ2v) is 21.4. The van der Waals surface area contributed by atoms with Gasteiger partial charge in [0.1, 0.15) is 12.1 Å². The molecule has 0 spiro atoms. The van der Waals surface area contributed by atoms with Crippen LogP contribution in [0.1, 0.15) is 44.3 Å². The number of likely N-dealkylation sites (N-methyl/N-ethyl adjacent to an activating group) is 1. The van der Waals surface area contributed by atoms with Crippen molar-refractivity contribution in [2.24, 2.45) is 0 Å². The van der Waals surface area contributed by atoms with Crippen LogP contribution >= 0.6 is 0 Å². The number of carbonyl (C=O) groups is 5. The molecule has 2 heterocycles. The van der Waals surface area contributed by atoms with Gasteiger partial charge in [-0.05, 0) is 129 Å². The molecule has 0 aromatic heterocycles. The summed E-state index contributed by atoms with van der Waals surface area (Å²) < 4.78 is 92.2. The Morgan fingerprint density at radius 3 is 2.18 bits per heavy atom. The molecule has 0 bridgehead atoms. The minimum Gasteiger partial charge on any atom is -0.493 e. The summed E-state index contributed by atoms with van der Waals surface area (Å²) in [5, 5.41) is 25.9. The second kappa shape index (κ2) is 27.5. The van der Waals surface area contributed by atoms with Crippen LogP contribution in [0.4, 0.5) is 21.5 Å². The number of aryl methyl sites for hydroxylation is 1. The topological polar surface area (TPSA) is 286 Å². The zero-order valence-corrected chi connectivity index (χ0v) is 44.8. The van der Waals surface area contributed by atoms with Gasteiger partial charge in [0.05, 0.1) is 65.7 Å². The number of fused-ring (bicyclic) bond motifs is 1. The van der Waals surface area contributed by atoms with Gasteiger partial charge in [0.2, 0.25) is 28.6 Å². The van der Waals surface area contributed by atoms with Crippen LogP contribution in [-0.2, 0) is 44.7 Å². The lowest BCUT2D eigenvalue weighted by molar-refractivity contribution is -0.122. The number of aromatic carboxylic acids is 1. The summed E-state index contributed by atoms with van der Waals surface area (Å²) in [6.45, 7) is 4.38. The fraction of sp³-hybridized carbons (Fsp3) is 0.236. The van der Waals surface area contributed by atoms with Crippen molar-refractivity contribution < 1.29 is 74.0 Å². The van der Waals surface area contributed by atoms with Gasteiger partial charge < -0.3 is 44.7 Å². The summed E-state index contributed by atoms with van der Waals surface area (Å²) in [6, 6.07) is 32.9. The maximum atomic E-state index is 13.1. The third kappa shape index (κ3) is 16.9. The number of amides is 3. The molecule has 0 saturated carbocycles. The highest BCUT2D eigenvalue weighted by atomic mass is 32.2. The highest BCUT2D eigenvalue weighted by molar-refractivity contribution is 7.90. The Labute approximate surface area is 455 Å². The van der Waals surface area contributed by atoms with E-state index in [2.05, 4.69) is 16.0 Å². The number of aldehydes is 1. The molecule has 24 heteroatoms. The molecule has 1 fully saturated rings. The van der Waals surface area contributed by atoms with Gasteiger partial charge in [-0.25, -0.2) is 26.0 Å². The molecular formula is C55H55FN6O15S2. The highest BCUT2D eigenvalue weighted by Gasteiger charge is 2.29. The first kappa shape index (κ1) is 59.5. The second-order valence-electron chi connectivity index (χ2n) is 17.5. The Kier molecular flexibility index (Phi) is 20.7. The minimum atomic E-state index is -3.86. The largest absolute Gasteiger partial charge is 0.493 e. The molecule has 0 radical (unpaired) electrons. The van der Waals surface area contributed by atoms with E-state index < -0.39 is 43.4 Å². The van der Waals surface area contributed by atoms with Crippen molar-refractivity contribution in [3.8, 4) is 29.1 Å². The molecule has 79 heavy (non-hydrogen) atoms. The van der Waals surface area contributed by atoms with Crippen LogP contribution in [-0.4, -0.2) is 128 Å². The molecule has 6 aromatic carbocycles. The Balaban J connectivity index is 0.000000192. The van der Waals surface area contributed by atoms with Crippen LogP contribution in [0.15, 0.2) is 137 Å². The number of hydrogen-bond acceptors (Lipinski definition) is 16. The fourth-order valence-corrected chi connectivity index (χ4v) is 10.5. The molecule has 2 aliphatic heterocycles. The van der Waals surface area contributed by atoms with E-state index in [0.29, 0.717) is 81.8 Å². The number of anilines is 3. The molecule has 4 N–H and O–H groups in total. The van der Waals surface area contributed by atoms with Gasteiger partial charge in [-0.15, -0.1) is 0 Å². The number of nitrogens with zero attached hydrogens (tertiary/aromatic N) is 3. The van der Waals surface area contributed by atoms with Crippen molar-refractivity contribution >= 4 is 66.9 Å². The van der Waals surface area contributed by atoms with Gasteiger partial charge in [0.25, 0.3) is 5.91 Å². The third-order valence-electron chi connectivity index (χ3n) is 11.8. The Morgan fingerprint density at radius 1 is 0.810 bits per heavy atom. The summed E-state index contributed by atoms with van der Waals surface area (Å²) >= 11 is 0. The molecule has 2 aliphatic rings. The van der Waals surface area contributed by atoms with Gasteiger partial charge in [-0.1, -0.05) is 24.3 Å². The number of hydrogen-bond donors (Lipinski definition) is 4. The zero-order valence-electron chi connectivity index (χ0n) is 43.1. The van der Waals surface area contributed by atoms with Crippen LogP contribution in [0, 0.1) is 24.1 Å². The average molecular weight is 1120 g/mol. The number of carboxylic acids is 1. The van der Waals surface area contributed by atoms with E-state index in [1.54, 1.807) is 98.6 Å². The molecule has 6 aromatic rings. The first-order valence-electron chi connectivity index (χ1n) is 24.0. The van der Waals surface area contributed by atoms with E-state index in [1.807, 2.05) is 6.07 Å². The molecule has 1 unspecified atom stereocenters. The monoisotopic (exact) mass is 1120 g/mol. The number of nitriles is 1. The lowest BCUT2D eigenvalue weighted by Gasteiger charge is -2.26. The number of halogens is 1. The zero-order chi connectivity index (χ0) is 57.3. The van der Waals surface area contributed by atoms with Crippen molar-refractivity contribution in [1.82, 2.24) is 9.21 Å². The standard InChI is InChI=1S/C19H19FN4O2.C19H21NO7S2.C17H15NO6/c1-13(19(26)23-16-8-6-14(11-21)7-9-16)24(2)12-18(25)22-17-5-3-4-15(20)10-17;1-14-5-6-15(11-18(14)29(25,26)20-7-9-27-10-8-20)13-28(23,24)17-4-2-3-16(12-17)19(21)22;1-21-15-6-11(8-19)2-4-13(15)22-9-17(20)18-12-3-5-14-16(7-12)24-10-23-14/h3-10,13H,12H2,1-2H3,(H,22,25)(H,23,26);2-6,11-12H,7-10,13H2,1H3,(H,21,22);2-8H,9-10H2,1H3,(H,18,20). The van der Waals surface area contributed by atoms with Crippen molar-refractivity contribution in [3.05, 3.63) is 161 Å². The number of methoxy groups -OCH3 is 1. The summed E-state index contributed by atoms with van der Waals surface area (Å²) in [7, 11) is -4.52. The van der Waals surface area contributed by atoms with Crippen LogP contribution in [0.3, 0.4) is 0 Å². The SMILES string of the molecule is CC(C(=O)Nc1ccc(C#N)cc1)N(C)CC(=O)Nc1cccc(F)c1.COc1cc(C=O)ccc1OCC(=O)Nc1ccc2c(c1)OCO2.Cc1ccc(CS(=O)(=O)c2cccc(C(=O)O)c2)cc1S(=O)(=O)N1CCOCC1. The lowest BCUT2D eigenvalue weighted by atomic mass is 10.2. The molecule has 1 saturated heterocycles. The van der Waals surface area contributed by atoms with Crippen molar-refractivity contribution in [3.63, 3.8) is 0 Å². The number of carboxylic acid groups (broad SMARTS) is 1. The third-order valence-corrected chi connectivity index (χ3v) is 15.5. The van der Waals surface area contributed by atoms with Gasteiger partial charge in [0.15, 0.2) is 39.4 Å². The molecule has 3 amide bonds. The Hall–Kier alpha value is -8.73. The first-order chi connectivity index (χ1) is 37.7. The quantitative estimate of drug-likeness (QED) is 0.0665. The predicted octanol–water partition coefficient (Wildman–Crippen LogP) is 6.54. The highest BCUT2D eigenvalue weighted by Crippen LogP contribution is 2.34. The van der Waals surface area contributed by atoms with Crippen molar-refractivity contribution in [1.29, 1.82) is 5.26 Å². The molecule has 21 nitrogen and oxygen atoms in total. The van der Waals surface area contributed by atoms with E-state index in [9.17, 15) is 45.2 Å². The van der Waals surface area contributed by atoms with Gasteiger partial charge >= 0.3 is 5.97 Å². The summed E-state index contributed by atoms with van der Waals surface area (Å²) in [4.78, 5) is 59.7. The van der Waals surface area contributed by atoms with E-state index >= 15 is 0 Å². The van der Waals surface area contributed by atoms with Crippen molar-refractivity contribution in [2.75, 3.05) is 76.4 Å². The van der Waals surface area contributed by atoms with Crippen LogP contribution in [0.2, 0.25) is 0 Å². The van der Waals surface area contributed by atoms with Gasteiger partial charge in [-0.2, -0.15) is 9.57 Å². The van der Waals surface area contributed by atoms with E-state index in [4.69, 9.17) is 34.1 Å². The van der Waals surface area contributed by atoms with E-state index in [1.165, 1.54) is 59.9 Å². The van der Waals surface area contributed by atoms with Crippen molar-refractivity contribution in [2.45, 2.75) is 35.4 Å². The number of ether oxygens (including phenoxy) is 5. The smallest absolute Gasteiger partial charge is 0.335 e. The lowest BCUT2D eigenvalue weighted by Crippen LogP contribution is -2.43. The molecule has 1 atom stereocenters. The van der Waals surface area contributed by atoms with Gasteiger partial charge in [0, 0.05) is 41.8 Å². The molecular weight excluding hydrogens is 1070 g/mol. The number of sulfone groups is 1. The number of benzene rings is 6. The summed E-state index contributed by atoms with van der Waals surface area (Å²) in [6.07, 6.45) is 0.707. The van der Waals surface area contributed by atoms with E-state index in [0.717, 1.165) is 6.07 Å². The maximum absolute atomic E-state index is 13.1. The summed E-state index contributed by atoms with van der Waals surface area (Å²) in [5.41, 5.74) is 3.16. The maximum Gasteiger partial charge on any atom is 0.335 e. The summed E-state index contributed by atoms with van der Waals surface area (Å²) in [5.74, 6) is -1.09. The average Bonchev–Trinajstić information content (AvgIpc) is 3.92. The normalized spacial score (nSPS) is 13.2. The molecule has 414 valence electrons. The van der Waals surface area contributed by atoms with Crippen LogP contribution in [0.25, 0.3) is 0 Å². The number of carbonyl (C=O) groups excluding carboxylic acids is 4. The Bertz CT molecular complexity index is 3460. The molecule has 8 rings (SSSR count). The number of rotatable bonds is 18. The minimum absolute atomic E-state index is 0.0293. The fourth-order valence-electron chi connectivity index (χ4n) is 7.46. The van der Waals surface area contributed by atoms with Crippen LogP contribution < -0.4 is 34.9 Å². The first-order valence-corrected chi connectivity index (χ1v) is 27.0. The molecule has 0 aliphatic carbocycles. The number of sulfonamides is 1. The number of nitrogens with one attached hydrogen (secondary N) is 3. The van der Waals surface area contributed by atoms with Crippen LogP contribution in [0.5, 0.6) is 23.0 Å². The van der Waals surface area contributed by atoms with E-state index in [-0.39, 0.29) is 66.1 Å². The van der Waals surface area contributed by atoms with Gasteiger partial charge in [-0.3, -0.25) is 24.1 Å².